The Morgan fingerprint density at radius 1 is 1.23 bits per heavy atom. The van der Waals surface area contributed by atoms with E-state index < -0.39 is 0 Å². The molecule has 7 heteroatoms. The van der Waals surface area contributed by atoms with Crippen LogP contribution < -0.4 is 5.32 Å². The summed E-state index contributed by atoms with van der Waals surface area (Å²) in [6, 6.07) is 5.69. The Hall–Kier alpha value is -1.99. The first-order chi connectivity index (χ1) is 12.5. The molecule has 2 fully saturated rings. The van der Waals surface area contributed by atoms with Gasteiger partial charge in [0.15, 0.2) is 0 Å². The van der Waals surface area contributed by atoms with Crippen molar-refractivity contribution in [2.45, 2.75) is 31.3 Å². The van der Waals surface area contributed by atoms with Gasteiger partial charge in [-0.3, -0.25) is 24.4 Å². The monoisotopic (exact) mass is 359 g/mol. The topological polar surface area (TPSA) is 68.8 Å². The Labute approximate surface area is 155 Å². The van der Waals surface area contributed by atoms with Gasteiger partial charge in [-0.2, -0.15) is 0 Å². The highest BCUT2D eigenvalue weighted by atomic mass is 16.2. The molecule has 1 spiro atoms. The molecular weight excluding hydrogens is 330 g/mol. The van der Waals surface area contributed by atoms with Crippen LogP contribution in [0.15, 0.2) is 24.4 Å². The number of likely N-dealkylation sites (N-methyl/N-ethyl adjacent to an activating group) is 1. The van der Waals surface area contributed by atoms with Crippen LogP contribution in [0.4, 0.5) is 0 Å². The number of nitrogens with one attached hydrogen (secondary N) is 1. The zero-order valence-corrected chi connectivity index (χ0v) is 15.8. The van der Waals surface area contributed by atoms with Crippen LogP contribution in [0.3, 0.4) is 0 Å². The molecule has 1 aromatic heterocycles. The zero-order chi connectivity index (χ0) is 18.6. The second kappa shape index (κ2) is 8.14. The minimum Gasteiger partial charge on any atom is -0.349 e. The van der Waals surface area contributed by atoms with Gasteiger partial charge in [-0.05, 0) is 32.0 Å². The first-order valence-electron chi connectivity index (χ1n) is 9.33. The minimum atomic E-state index is -0.0140. The lowest BCUT2D eigenvalue weighted by Gasteiger charge is -2.49. The van der Waals surface area contributed by atoms with Crippen molar-refractivity contribution < 1.29 is 9.59 Å². The van der Waals surface area contributed by atoms with Gasteiger partial charge in [-0.1, -0.05) is 6.07 Å². The number of aromatic nitrogens is 1. The third-order valence-electron chi connectivity index (χ3n) is 5.78. The van der Waals surface area contributed by atoms with Crippen molar-refractivity contribution >= 4 is 11.8 Å². The molecule has 0 aromatic carbocycles. The van der Waals surface area contributed by atoms with E-state index in [1.54, 1.807) is 6.20 Å². The van der Waals surface area contributed by atoms with Crippen molar-refractivity contribution in [2.75, 3.05) is 46.8 Å². The van der Waals surface area contributed by atoms with Gasteiger partial charge in [0.2, 0.25) is 11.8 Å². The Morgan fingerprint density at radius 2 is 2.08 bits per heavy atom. The van der Waals surface area contributed by atoms with E-state index in [1.807, 2.05) is 30.1 Å². The lowest BCUT2D eigenvalue weighted by atomic mass is 9.86. The number of carbonyl (C=O) groups is 2. The normalized spacial score (nSPS) is 25.3. The molecule has 1 aromatic rings. The molecule has 2 aliphatic rings. The second-order valence-electron chi connectivity index (χ2n) is 7.52. The molecule has 2 amide bonds. The van der Waals surface area contributed by atoms with Crippen molar-refractivity contribution in [1.82, 2.24) is 25.0 Å². The predicted molar refractivity (Wildman–Crippen MR) is 99.4 cm³/mol. The van der Waals surface area contributed by atoms with E-state index in [-0.39, 0.29) is 17.4 Å². The Morgan fingerprint density at radius 3 is 2.85 bits per heavy atom. The minimum absolute atomic E-state index is 0.0140. The fourth-order valence-corrected chi connectivity index (χ4v) is 3.93. The number of amides is 2. The van der Waals surface area contributed by atoms with Gasteiger partial charge in [-0.15, -0.1) is 0 Å². The van der Waals surface area contributed by atoms with E-state index in [0.29, 0.717) is 19.5 Å². The van der Waals surface area contributed by atoms with Gasteiger partial charge < -0.3 is 10.2 Å². The number of likely N-dealkylation sites (tertiary alicyclic amines) is 1. The maximum absolute atomic E-state index is 12.4. The molecule has 2 aliphatic heterocycles. The molecular formula is C19H29N5O2. The van der Waals surface area contributed by atoms with Crippen LogP contribution in [0.25, 0.3) is 0 Å². The van der Waals surface area contributed by atoms with E-state index in [9.17, 15) is 9.59 Å². The number of nitrogens with zero attached hydrogens (tertiary/aromatic N) is 4. The van der Waals surface area contributed by atoms with Crippen LogP contribution in [-0.4, -0.2) is 83.9 Å². The van der Waals surface area contributed by atoms with Crippen molar-refractivity contribution in [3.8, 4) is 0 Å². The summed E-state index contributed by atoms with van der Waals surface area (Å²) in [6.45, 7) is 4.26. The SMILES string of the molecule is CN1CCC2(CCC1=O)CN(CC(=O)NCc1ccccn1)CCN2C. The summed E-state index contributed by atoms with van der Waals surface area (Å²) in [7, 11) is 4.03. The van der Waals surface area contributed by atoms with Gasteiger partial charge in [0, 0.05) is 51.4 Å². The molecule has 1 atom stereocenters. The van der Waals surface area contributed by atoms with Crippen molar-refractivity contribution in [1.29, 1.82) is 0 Å². The van der Waals surface area contributed by atoms with E-state index in [0.717, 1.165) is 44.7 Å². The van der Waals surface area contributed by atoms with Crippen LogP contribution in [0.2, 0.25) is 0 Å². The lowest BCUT2D eigenvalue weighted by Crippen LogP contribution is -2.62. The summed E-state index contributed by atoms with van der Waals surface area (Å²) in [6.07, 6.45) is 4.13. The number of piperazine rings is 1. The first-order valence-corrected chi connectivity index (χ1v) is 9.33. The largest absolute Gasteiger partial charge is 0.349 e. The number of pyridine rings is 1. The maximum Gasteiger partial charge on any atom is 0.234 e. The van der Waals surface area contributed by atoms with E-state index in [4.69, 9.17) is 0 Å². The third-order valence-corrected chi connectivity index (χ3v) is 5.78. The second-order valence-corrected chi connectivity index (χ2v) is 7.52. The quantitative estimate of drug-likeness (QED) is 0.839. The molecule has 1 N–H and O–H groups in total. The summed E-state index contributed by atoms with van der Waals surface area (Å²) < 4.78 is 0. The molecule has 0 aliphatic carbocycles. The predicted octanol–water partition coefficient (Wildman–Crippen LogP) is 0.326. The molecule has 0 radical (unpaired) electrons. The average molecular weight is 359 g/mol. The molecule has 0 saturated carbocycles. The van der Waals surface area contributed by atoms with Crippen LogP contribution in [0, 0.1) is 0 Å². The molecule has 1 unspecified atom stereocenters. The Balaban J connectivity index is 1.55. The molecule has 3 heterocycles. The first kappa shape index (κ1) is 18.8. The Bertz CT molecular complexity index is 638. The van der Waals surface area contributed by atoms with Crippen molar-refractivity contribution in [3.63, 3.8) is 0 Å². The maximum atomic E-state index is 12.4. The average Bonchev–Trinajstić information content (AvgIpc) is 2.79. The highest BCUT2D eigenvalue weighted by Gasteiger charge is 2.41. The summed E-state index contributed by atoms with van der Waals surface area (Å²) >= 11 is 0. The summed E-state index contributed by atoms with van der Waals surface area (Å²) in [4.78, 5) is 35.1. The summed E-state index contributed by atoms with van der Waals surface area (Å²) in [5.41, 5.74) is 0.848. The number of hydrogen-bond acceptors (Lipinski definition) is 5. The van der Waals surface area contributed by atoms with E-state index in [1.165, 1.54) is 0 Å². The Kier molecular flexibility index (Phi) is 5.88. The van der Waals surface area contributed by atoms with E-state index >= 15 is 0 Å². The fraction of sp³-hybridized carbons (Fsp3) is 0.632. The highest BCUT2D eigenvalue weighted by Crippen LogP contribution is 2.31. The third kappa shape index (κ3) is 4.40. The zero-order valence-electron chi connectivity index (χ0n) is 15.8. The van der Waals surface area contributed by atoms with Gasteiger partial charge >= 0.3 is 0 Å². The van der Waals surface area contributed by atoms with Gasteiger partial charge in [0.25, 0.3) is 0 Å². The number of carbonyl (C=O) groups excluding carboxylic acids is 2. The van der Waals surface area contributed by atoms with E-state index in [2.05, 4.69) is 27.1 Å². The van der Waals surface area contributed by atoms with Crippen molar-refractivity contribution in [2.24, 2.45) is 0 Å². The molecule has 0 bridgehead atoms. The van der Waals surface area contributed by atoms with Gasteiger partial charge in [-0.25, -0.2) is 0 Å². The molecule has 7 nitrogen and oxygen atoms in total. The lowest BCUT2D eigenvalue weighted by molar-refractivity contribution is -0.129. The molecule has 142 valence electrons. The number of hydrogen-bond donors (Lipinski definition) is 1. The molecule has 2 saturated heterocycles. The fourth-order valence-electron chi connectivity index (χ4n) is 3.93. The number of rotatable bonds is 4. The van der Waals surface area contributed by atoms with Crippen LogP contribution in [0.1, 0.15) is 25.0 Å². The van der Waals surface area contributed by atoms with Crippen LogP contribution in [0.5, 0.6) is 0 Å². The summed E-state index contributed by atoms with van der Waals surface area (Å²) in [5, 5.41) is 2.96. The van der Waals surface area contributed by atoms with Gasteiger partial charge in [0.05, 0.1) is 18.8 Å². The van der Waals surface area contributed by atoms with Crippen LogP contribution in [-0.2, 0) is 16.1 Å². The summed E-state index contributed by atoms with van der Waals surface area (Å²) in [5.74, 6) is 0.248. The van der Waals surface area contributed by atoms with Crippen LogP contribution >= 0.6 is 0 Å². The highest BCUT2D eigenvalue weighted by molar-refractivity contribution is 5.78. The smallest absolute Gasteiger partial charge is 0.234 e. The van der Waals surface area contributed by atoms with Gasteiger partial charge in [0.1, 0.15) is 0 Å². The molecule has 26 heavy (non-hydrogen) atoms. The standard InChI is InChI=1S/C19H29N5O2/c1-22-10-8-19(7-6-18(22)26)15-24(12-11-23(19)2)14-17(25)21-13-16-5-3-4-9-20-16/h3-5,9H,6-8,10-15H2,1-2H3,(H,21,25). The molecule has 3 rings (SSSR count). The van der Waals surface area contributed by atoms with Crippen molar-refractivity contribution in [3.05, 3.63) is 30.1 Å².